The Morgan fingerprint density at radius 2 is 1.76 bits per heavy atom. The largest absolute Gasteiger partial charge is 0.490 e. The van der Waals surface area contributed by atoms with Gasteiger partial charge in [0.2, 0.25) is 0 Å². The van der Waals surface area contributed by atoms with Gasteiger partial charge in [-0.1, -0.05) is 44.2 Å². The lowest BCUT2D eigenvalue weighted by Gasteiger charge is -2.23. The lowest BCUT2D eigenvalue weighted by molar-refractivity contribution is 0.195. The van der Waals surface area contributed by atoms with Gasteiger partial charge in [0.1, 0.15) is 5.75 Å². The van der Waals surface area contributed by atoms with Crippen molar-refractivity contribution in [1.29, 1.82) is 0 Å². The van der Waals surface area contributed by atoms with Crippen LogP contribution in [0.1, 0.15) is 57.9 Å². The smallest absolute Gasteiger partial charge is 0.123 e. The van der Waals surface area contributed by atoms with Crippen LogP contribution in [0.25, 0.3) is 10.8 Å². The molecular formula is C20H26O. The van der Waals surface area contributed by atoms with Crippen molar-refractivity contribution in [2.24, 2.45) is 5.92 Å². The SMILES string of the molecule is CCC(CC)c1c(OC(C)C2CC2)ccc2ccccc12. The maximum absolute atomic E-state index is 6.36. The summed E-state index contributed by atoms with van der Waals surface area (Å²) in [6.45, 7) is 6.79. The fourth-order valence-corrected chi connectivity index (χ4v) is 3.36. The van der Waals surface area contributed by atoms with Gasteiger partial charge in [-0.25, -0.2) is 0 Å². The van der Waals surface area contributed by atoms with Crippen molar-refractivity contribution in [3.63, 3.8) is 0 Å². The fourth-order valence-electron chi connectivity index (χ4n) is 3.36. The summed E-state index contributed by atoms with van der Waals surface area (Å²) in [5, 5.41) is 2.69. The number of ether oxygens (including phenoxy) is 1. The fraction of sp³-hybridized carbons (Fsp3) is 0.500. The van der Waals surface area contributed by atoms with Crippen LogP contribution in [0.2, 0.25) is 0 Å². The number of fused-ring (bicyclic) bond motifs is 1. The molecule has 0 saturated heterocycles. The van der Waals surface area contributed by atoms with Crippen molar-refractivity contribution in [2.75, 3.05) is 0 Å². The van der Waals surface area contributed by atoms with Crippen molar-refractivity contribution in [3.8, 4) is 5.75 Å². The number of benzene rings is 2. The summed E-state index contributed by atoms with van der Waals surface area (Å²) in [5.41, 5.74) is 1.42. The molecule has 1 fully saturated rings. The third-order valence-electron chi connectivity index (χ3n) is 4.92. The highest BCUT2D eigenvalue weighted by Crippen LogP contribution is 2.40. The van der Waals surface area contributed by atoms with E-state index >= 15 is 0 Å². The average molecular weight is 282 g/mol. The monoisotopic (exact) mass is 282 g/mol. The highest BCUT2D eigenvalue weighted by Gasteiger charge is 2.30. The van der Waals surface area contributed by atoms with E-state index < -0.39 is 0 Å². The van der Waals surface area contributed by atoms with Gasteiger partial charge in [0.05, 0.1) is 6.10 Å². The Labute approximate surface area is 128 Å². The second-order valence-corrected chi connectivity index (χ2v) is 6.37. The molecule has 1 unspecified atom stereocenters. The molecule has 0 radical (unpaired) electrons. The summed E-state index contributed by atoms with van der Waals surface area (Å²) in [6.07, 6.45) is 5.33. The van der Waals surface area contributed by atoms with Crippen LogP contribution in [-0.2, 0) is 0 Å². The molecular weight excluding hydrogens is 256 g/mol. The Hall–Kier alpha value is -1.50. The molecule has 0 spiro atoms. The van der Waals surface area contributed by atoms with Crippen LogP contribution < -0.4 is 4.74 Å². The van der Waals surface area contributed by atoms with E-state index in [0.717, 1.165) is 11.7 Å². The molecule has 0 heterocycles. The van der Waals surface area contributed by atoms with Gasteiger partial charge >= 0.3 is 0 Å². The Bertz CT molecular complexity index is 608. The van der Waals surface area contributed by atoms with Crippen molar-refractivity contribution in [2.45, 2.75) is 58.5 Å². The zero-order valence-electron chi connectivity index (χ0n) is 13.4. The summed E-state index contributed by atoms with van der Waals surface area (Å²) < 4.78 is 6.36. The van der Waals surface area contributed by atoms with Crippen LogP contribution in [0.5, 0.6) is 5.75 Å². The molecule has 112 valence electrons. The molecule has 2 aromatic carbocycles. The Kier molecular flexibility index (Phi) is 4.19. The van der Waals surface area contributed by atoms with Crippen molar-refractivity contribution < 1.29 is 4.74 Å². The molecule has 3 rings (SSSR count). The normalized spacial score (nSPS) is 16.4. The van der Waals surface area contributed by atoms with Gasteiger partial charge in [-0.3, -0.25) is 0 Å². The lowest BCUT2D eigenvalue weighted by atomic mass is 9.89. The minimum atomic E-state index is 0.347. The maximum Gasteiger partial charge on any atom is 0.123 e. The summed E-state index contributed by atoms with van der Waals surface area (Å²) in [7, 11) is 0. The van der Waals surface area contributed by atoms with E-state index in [9.17, 15) is 0 Å². The van der Waals surface area contributed by atoms with E-state index in [1.54, 1.807) is 0 Å². The van der Waals surface area contributed by atoms with Gasteiger partial charge in [0.25, 0.3) is 0 Å². The van der Waals surface area contributed by atoms with Gasteiger partial charge in [-0.05, 0) is 61.3 Å². The molecule has 1 saturated carbocycles. The van der Waals surface area contributed by atoms with Gasteiger partial charge in [0.15, 0.2) is 0 Å². The second-order valence-electron chi connectivity index (χ2n) is 6.37. The van der Waals surface area contributed by atoms with E-state index in [1.807, 2.05) is 0 Å². The van der Waals surface area contributed by atoms with E-state index in [1.165, 1.54) is 42.0 Å². The van der Waals surface area contributed by atoms with E-state index in [2.05, 4.69) is 57.2 Å². The van der Waals surface area contributed by atoms with Crippen LogP contribution >= 0.6 is 0 Å². The summed E-state index contributed by atoms with van der Waals surface area (Å²) in [5.74, 6) is 2.46. The summed E-state index contributed by atoms with van der Waals surface area (Å²) >= 11 is 0. The van der Waals surface area contributed by atoms with Crippen molar-refractivity contribution in [3.05, 3.63) is 42.0 Å². The summed E-state index contributed by atoms with van der Waals surface area (Å²) in [4.78, 5) is 0. The predicted molar refractivity (Wildman–Crippen MR) is 90.1 cm³/mol. The number of hydrogen-bond donors (Lipinski definition) is 0. The van der Waals surface area contributed by atoms with Crippen LogP contribution in [-0.4, -0.2) is 6.10 Å². The molecule has 0 bridgehead atoms. The maximum atomic E-state index is 6.36. The van der Waals surface area contributed by atoms with Crippen LogP contribution in [0.15, 0.2) is 36.4 Å². The Balaban J connectivity index is 2.06. The topological polar surface area (TPSA) is 9.23 Å². The predicted octanol–water partition coefficient (Wildman–Crippen LogP) is 5.92. The van der Waals surface area contributed by atoms with E-state index in [4.69, 9.17) is 4.74 Å². The van der Waals surface area contributed by atoms with Gasteiger partial charge in [0, 0.05) is 5.56 Å². The minimum Gasteiger partial charge on any atom is -0.490 e. The zero-order chi connectivity index (χ0) is 14.8. The van der Waals surface area contributed by atoms with Crippen molar-refractivity contribution >= 4 is 10.8 Å². The molecule has 1 nitrogen and oxygen atoms in total. The van der Waals surface area contributed by atoms with Crippen LogP contribution in [0.4, 0.5) is 0 Å². The van der Waals surface area contributed by atoms with Crippen LogP contribution in [0, 0.1) is 5.92 Å². The molecule has 0 N–H and O–H groups in total. The second kappa shape index (κ2) is 6.09. The summed E-state index contributed by atoms with van der Waals surface area (Å²) in [6, 6.07) is 13.1. The molecule has 1 aliphatic carbocycles. The number of hydrogen-bond acceptors (Lipinski definition) is 1. The Morgan fingerprint density at radius 1 is 1.05 bits per heavy atom. The number of rotatable bonds is 6. The molecule has 0 aliphatic heterocycles. The quantitative estimate of drug-likeness (QED) is 0.639. The van der Waals surface area contributed by atoms with Gasteiger partial charge in [-0.2, -0.15) is 0 Å². The first-order valence-electron chi connectivity index (χ1n) is 8.42. The molecule has 1 aliphatic rings. The van der Waals surface area contributed by atoms with Gasteiger partial charge in [-0.15, -0.1) is 0 Å². The van der Waals surface area contributed by atoms with E-state index in [0.29, 0.717) is 12.0 Å². The molecule has 0 amide bonds. The van der Waals surface area contributed by atoms with Gasteiger partial charge < -0.3 is 4.74 Å². The van der Waals surface area contributed by atoms with Crippen molar-refractivity contribution in [1.82, 2.24) is 0 Å². The highest BCUT2D eigenvalue weighted by atomic mass is 16.5. The molecule has 21 heavy (non-hydrogen) atoms. The third-order valence-corrected chi connectivity index (χ3v) is 4.92. The molecule has 0 aromatic heterocycles. The van der Waals surface area contributed by atoms with Crippen LogP contribution in [0.3, 0.4) is 0 Å². The minimum absolute atomic E-state index is 0.347. The Morgan fingerprint density at radius 3 is 2.43 bits per heavy atom. The highest BCUT2D eigenvalue weighted by molar-refractivity contribution is 5.88. The molecule has 2 aromatic rings. The average Bonchev–Trinajstić information content (AvgIpc) is 3.35. The first kappa shape index (κ1) is 14.4. The van der Waals surface area contributed by atoms with E-state index in [-0.39, 0.29) is 0 Å². The lowest BCUT2D eigenvalue weighted by Crippen LogP contribution is -2.15. The molecule has 1 heteroatoms. The first-order chi connectivity index (χ1) is 10.2. The zero-order valence-corrected chi connectivity index (χ0v) is 13.4. The molecule has 1 atom stereocenters. The standard InChI is InChI=1S/C20H26O/c1-4-15(5-2)20-18-9-7-6-8-17(18)12-13-19(20)21-14(3)16-10-11-16/h6-9,12-16H,4-5,10-11H2,1-3H3. The first-order valence-corrected chi connectivity index (χ1v) is 8.42. The third kappa shape index (κ3) is 2.92.